The highest BCUT2D eigenvalue weighted by atomic mass is 16.2. The van der Waals surface area contributed by atoms with Crippen molar-refractivity contribution in [1.29, 1.82) is 0 Å². The molecule has 0 fully saturated rings. The number of hydrogen-bond donors (Lipinski definition) is 2. The molecular formula is C33H58N2O2. The van der Waals surface area contributed by atoms with Gasteiger partial charge in [0.25, 0.3) is 0 Å². The Morgan fingerprint density at radius 1 is 0.541 bits per heavy atom. The maximum absolute atomic E-state index is 12.2. The summed E-state index contributed by atoms with van der Waals surface area (Å²) in [5.41, 5.74) is 1.55. The minimum atomic E-state index is 0.0242. The Labute approximate surface area is 229 Å². The Kier molecular flexibility index (Phi) is 20.9. The summed E-state index contributed by atoms with van der Waals surface area (Å²) >= 11 is 0. The topological polar surface area (TPSA) is 58.2 Å². The lowest BCUT2D eigenvalue weighted by Crippen LogP contribution is -2.14. The molecule has 0 aromatic heterocycles. The molecule has 0 saturated heterocycles. The van der Waals surface area contributed by atoms with E-state index in [1.807, 2.05) is 38.1 Å². The Bertz CT molecular complexity index is 684. The van der Waals surface area contributed by atoms with Gasteiger partial charge in [0.05, 0.1) is 0 Å². The third-order valence-corrected chi connectivity index (χ3v) is 7.05. The fraction of sp³-hybridized carbons (Fsp3) is 0.758. The van der Waals surface area contributed by atoms with Crippen LogP contribution in [0.15, 0.2) is 24.3 Å². The minimum Gasteiger partial charge on any atom is -0.326 e. The van der Waals surface area contributed by atoms with E-state index in [1.165, 1.54) is 109 Å². The zero-order chi connectivity index (χ0) is 27.0. The molecule has 2 N–H and O–H groups in total. The summed E-state index contributed by atoms with van der Waals surface area (Å²) in [5.74, 6) is 0.433. The van der Waals surface area contributed by atoms with Crippen LogP contribution in [0.5, 0.6) is 0 Å². The van der Waals surface area contributed by atoms with Crippen LogP contribution >= 0.6 is 0 Å². The lowest BCUT2D eigenvalue weighted by Gasteiger charge is -2.09. The predicted molar refractivity (Wildman–Crippen MR) is 161 cm³/mol. The molecule has 37 heavy (non-hydrogen) atoms. The summed E-state index contributed by atoms with van der Waals surface area (Å²) in [7, 11) is 0. The van der Waals surface area contributed by atoms with Crippen molar-refractivity contribution in [3.8, 4) is 0 Å². The average molecular weight is 515 g/mol. The average Bonchev–Trinajstić information content (AvgIpc) is 2.86. The highest BCUT2D eigenvalue weighted by Crippen LogP contribution is 2.17. The van der Waals surface area contributed by atoms with E-state index in [9.17, 15) is 9.59 Å². The zero-order valence-corrected chi connectivity index (χ0v) is 24.6. The molecule has 0 aliphatic rings. The first-order chi connectivity index (χ1) is 18.0. The molecule has 0 atom stereocenters. The van der Waals surface area contributed by atoms with Gasteiger partial charge in [-0.15, -0.1) is 0 Å². The normalized spacial score (nSPS) is 11.1. The zero-order valence-electron chi connectivity index (χ0n) is 24.6. The highest BCUT2D eigenvalue weighted by Gasteiger charge is 2.06. The van der Waals surface area contributed by atoms with Crippen molar-refractivity contribution < 1.29 is 9.59 Å². The van der Waals surface area contributed by atoms with Gasteiger partial charge < -0.3 is 10.6 Å². The van der Waals surface area contributed by atoms with E-state index in [-0.39, 0.29) is 11.8 Å². The molecule has 2 amide bonds. The fourth-order valence-electron chi connectivity index (χ4n) is 4.81. The summed E-state index contributed by atoms with van der Waals surface area (Å²) in [4.78, 5) is 24.1. The van der Waals surface area contributed by atoms with E-state index in [2.05, 4.69) is 17.6 Å². The van der Waals surface area contributed by atoms with Crippen molar-refractivity contribution in [2.75, 3.05) is 10.6 Å². The molecule has 1 aromatic rings. The van der Waals surface area contributed by atoms with Gasteiger partial charge in [0.2, 0.25) is 11.8 Å². The SMILES string of the molecule is CCCCCCCCCCCCCCCCCCCCCC(=O)Nc1ccc(NC(=O)CC(C)C)cc1. The molecule has 4 nitrogen and oxygen atoms in total. The first kappa shape index (κ1) is 33.2. The highest BCUT2D eigenvalue weighted by molar-refractivity contribution is 5.92. The number of hydrogen-bond acceptors (Lipinski definition) is 2. The Hall–Kier alpha value is -1.84. The van der Waals surface area contributed by atoms with Crippen molar-refractivity contribution in [2.45, 2.75) is 156 Å². The van der Waals surface area contributed by atoms with Crippen LogP contribution < -0.4 is 10.6 Å². The summed E-state index contributed by atoms with van der Waals surface area (Å²) in [6.45, 7) is 6.34. The number of nitrogens with one attached hydrogen (secondary N) is 2. The van der Waals surface area contributed by atoms with Crippen molar-refractivity contribution in [3.05, 3.63) is 24.3 Å². The second-order valence-corrected chi connectivity index (χ2v) is 11.4. The van der Waals surface area contributed by atoms with Gasteiger partial charge in [-0.25, -0.2) is 0 Å². The minimum absolute atomic E-state index is 0.0242. The van der Waals surface area contributed by atoms with E-state index in [0.29, 0.717) is 18.8 Å². The van der Waals surface area contributed by atoms with Crippen LogP contribution in [0.25, 0.3) is 0 Å². The van der Waals surface area contributed by atoms with Crippen molar-refractivity contribution >= 4 is 23.2 Å². The Balaban J connectivity index is 1.88. The van der Waals surface area contributed by atoms with Gasteiger partial charge in [0.15, 0.2) is 0 Å². The molecule has 0 aliphatic carbocycles. The van der Waals surface area contributed by atoms with Gasteiger partial charge in [-0.2, -0.15) is 0 Å². The Morgan fingerprint density at radius 3 is 1.22 bits per heavy atom. The standard InChI is InChI=1S/C33H58N2O2/c1-4-5-6-7-8-9-10-11-12-13-14-15-16-17-18-19-20-21-22-23-32(36)34-30-24-26-31(27-25-30)35-33(37)28-29(2)3/h24-27,29H,4-23,28H2,1-3H3,(H,34,36)(H,35,37). The first-order valence-corrected chi connectivity index (χ1v) is 15.7. The summed E-state index contributed by atoms with van der Waals surface area (Å²) in [6, 6.07) is 7.37. The van der Waals surface area contributed by atoms with Crippen LogP contribution in [0.2, 0.25) is 0 Å². The molecule has 0 bridgehead atoms. The number of carbonyl (C=O) groups is 2. The number of benzene rings is 1. The molecule has 0 unspecified atom stereocenters. The van der Waals surface area contributed by atoms with Crippen LogP contribution in [0, 0.1) is 5.92 Å². The molecule has 4 heteroatoms. The molecule has 0 spiro atoms. The smallest absolute Gasteiger partial charge is 0.224 e. The molecule has 0 saturated carbocycles. The van der Waals surface area contributed by atoms with E-state index in [1.54, 1.807) is 0 Å². The quantitative estimate of drug-likeness (QED) is 0.135. The van der Waals surface area contributed by atoms with Gasteiger partial charge in [-0.1, -0.05) is 136 Å². The van der Waals surface area contributed by atoms with Crippen LogP contribution in [-0.2, 0) is 9.59 Å². The first-order valence-electron chi connectivity index (χ1n) is 15.7. The van der Waals surface area contributed by atoms with Crippen molar-refractivity contribution in [1.82, 2.24) is 0 Å². The molecule has 212 valence electrons. The van der Waals surface area contributed by atoms with E-state index in [0.717, 1.165) is 24.2 Å². The van der Waals surface area contributed by atoms with Gasteiger partial charge in [0.1, 0.15) is 0 Å². The largest absolute Gasteiger partial charge is 0.326 e. The molecule has 1 rings (SSSR count). The monoisotopic (exact) mass is 514 g/mol. The second kappa shape index (κ2) is 23.3. The lowest BCUT2D eigenvalue weighted by atomic mass is 10.0. The van der Waals surface area contributed by atoms with E-state index in [4.69, 9.17) is 0 Å². The second-order valence-electron chi connectivity index (χ2n) is 11.4. The number of rotatable bonds is 24. The summed E-state index contributed by atoms with van der Waals surface area (Å²) in [5, 5.41) is 5.85. The molecule has 1 aromatic carbocycles. The van der Waals surface area contributed by atoms with Gasteiger partial charge >= 0.3 is 0 Å². The third-order valence-electron chi connectivity index (χ3n) is 7.05. The maximum Gasteiger partial charge on any atom is 0.224 e. The molecule has 0 radical (unpaired) electrons. The Morgan fingerprint density at radius 2 is 0.865 bits per heavy atom. The fourth-order valence-corrected chi connectivity index (χ4v) is 4.81. The van der Waals surface area contributed by atoms with Crippen LogP contribution in [-0.4, -0.2) is 11.8 Å². The van der Waals surface area contributed by atoms with E-state index < -0.39 is 0 Å². The van der Waals surface area contributed by atoms with E-state index >= 15 is 0 Å². The number of anilines is 2. The van der Waals surface area contributed by atoms with Crippen LogP contribution in [0.1, 0.15) is 156 Å². The maximum atomic E-state index is 12.2. The van der Waals surface area contributed by atoms with Crippen LogP contribution in [0.4, 0.5) is 11.4 Å². The molecule has 0 aliphatic heterocycles. The number of carbonyl (C=O) groups excluding carboxylic acids is 2. The third kappa shape index (κ3) is 20.9. The molecule has 0 heterocycles. The number of amides is 2. The lowest BCUT2D eigenvalue weighted by molar-refractivity contribution is -0.117. The van der Waals surface area contributed by atoms with Gasteiger partial charge in [0, 0.05) is 24.2 Å². The van der Waals surface area contributed by atoms with Gasteiger partial charge in [-0.05, 0) is 36.6 Å². The summed E-state index contributed by atoms with van der Waals surface area (Å²) in [6.07, 6.45) is 26.9. The summed E-state index contributed by atoms with van der Waals surface area (Å²) < 4.78 is 0. The van der Waals surface area contributed by atoms with Gasteiger partial charge in [-0.3, -0.25) is 9.59 Å². The number of unbranched alkanes of at least 4 members (excludes halogenated alkanes) is 18. The van der Waals surface area contributed by atoms with Crippen molar-refractivity contribution in [2.24, 2.45) is 5.92 Å². The molecular weight excluding hydrogens is 456 g/mol. The predicted octanol–water partition coefficient (Wildman–Crippen LogP) is 10.4. The van der Waals surface area contributed by atoms with Crippen molar-refractivity contribution in [3.63, 3.8) is 0 Å². The van der Waals surface area contributed by atoms with Crippen LogP contribution in [0.3, 0.4) is 0 Å².